The van der Waals surface area contributed by atoms with Gasteiger partial charge in [-0.3, -0.25) is 9.78 Å². The topological polar surface area (TPSA) is 153 Å². The van der Waals surface area contributed by atoms with Crippen molar-refractivity contribution in [3.05, 3.63) is 115 Å². The van der Waals surface area contributed by atoms with Crippen molar-refractivity contribution in [3.8, 4) is 28.5 Å². The number of alkyl halides is 3. The van der Waals surface area contributed by atoms with Crippen LogP contribution in [0.5, 0.6) is 0 Å². The number of hydrogen-bond acceptors (Lipinski definition) is 8. The minimum atomic E-state index is -4.76. The Morgan fingerprint density at radius 3 is 2.45 bits per heavy atom. The minimum Gasteiger partial charge on any atom is -0.333 e. The number of amides is 2. The second kappa shape index (κ2) is 12.8. The van der Waals surface area contributed by atoms with Crippen molar-refractivity contribution in [1.29, 1.82) is 5.26 Å². The zero-order chi connectivity index (χ0) is 33.0. The van der Waals surface area contributed by atoms with Crippen molar-refractivity contribution in [2.24, 2.45) is 7.05 Å². The fourth-order valence-electron chi connectivity index (χ4n) is 4.70. The first-order chi connectivity index (χ1) is 22.7. The van der Waals surface area contributed by atoms with Gasteiger partial charge in [-0.05, 0) is 42.0 Å². The zero-order valence-electron chi connectivity index (χ0n) is 24.6. The van der Waals surface area contributed by atoms with Crippen LogP contribution in [0.15, 0.2) is 97.7 Å². The monoisotopic (exact) mass is 635 g/mol. The molecule has 2 aromatic carbocycles. The number of aromatic amines is 1. The molecule has 0 atom stereocenters. The largest absolute Gasteiger partial charge is 0.435 e. The van der Waals surface area contributed by atoms with E-state index in [1.165, 1.54) is 4.90 Å². The molecule has 47 heavy (non-hydrogen) atoms. The van der Waals surface area contributed by atoms with E-state index < -0.39 is 17.9 Å². The van der Waals surface area contributed by atoms with Crippen molar-refractivity contribution < 1.29 is 18.0 Å². The third-order valence-corrected chi connectivity index (χ3v) is 6.96. The van der Waals surface area contributed by atoms with Crippen LogP contribution in [0.4, 0.5) is 41.1 Å². The standard InChI is InChI=1S/C32H24F3N11O/c1-45-19-23(17-41-45)21-7-12-27(37-15-21)46(31(47)39-14-20-5-3-2-4-6-20)25-10-8-24(9-11-25)42-30-38-16-22(13-36)28(43-30)26-18-40-44-29(26)32(33,34)35/h2-12,15-19H,14H2,1H3,(H,39,47)(H,40,44)(H,38,42,43). The van der Waals surface area contributed by atoms with Crippen molar-refractivity contribution in [3.63, 3.8) is 0 Å². The lowest BCUT2D eigenvalue weighted by Crippen LogP contribution is -2.37. The lowest BCUT2D eigenvalue weighted by molar-refractivity contribution is -0.140. The maximum absolute atomic E-state index is 13.6. The van der Waals surface area contributed by atoms with Crippen LogP contribution in [0.1, 0.15) is 16.8 Å². The van der Waals surface area contributed by atoms with E-state index in [4.69, 9.17) is 0 Å². The second-order valence-electron chi connectivity index (χ2n) is 10.2. The summed E-state index contributed by atoms with van der Waals surface area (Å²) >= 11 is 0. The summed E-state index contributed by atoms with van der Waals surface area (Å²) in [4.78, 5) is 27.8. The van der Waals surface area contributed by atoms with Crippen molar-refractivity contribution >= 4 is 29.2 Å². The Kier molecular flexibility index (Phi) is 8.31. The molecule has 4 heterocycles. The van der Waals surface area contributed by atoms with Crippen LogP contribution in [-0.2, 0) is 19.8 Å². The summed E-state index contributed by atoms with van der Waals surface area (Å²) in [7, 11) is 1.82. The van der Waals surface area contributed by atoms with Gasteiger partial charge in [0.2, 0.25) is 5.95 Å². The number of aryl methyl sites for hydroxylation is 1. The molecule has 0 bridgehead atoms. The van der Waals surface area contributed by atoms with E-state index in [-0.39, 0.29) is 29.3 Å². The van der Waals surface area contributed by atoms with Gasteiger partial charge in [-0.2, -0.15) is 28.6 Å². The average molecular weight is 636 g/mol. The molecule has 0 fully saturated rings. The van der Waals surface area contributed by atoms with Gasteiger partial charge >= 0.3 is 12.2 Å². The van der Waals surface area contributed by atoms with Crippen LogP contribution in [0.3, 0.4) is 0 Å². The van der Waals surface area contributed by atoms with E-state index in [1.807, 2.05) is 55.7 Å². The number of benzene rings is 2. The number of nitriles is 1. The molecule has 12 nitrogen and oxygen atoms in total. The van der Waals surface area contributed by atoms with E-state index in [0.717, 1.165) is 29.1 Å². The van der Waals surface area contributed by atoms with E-state index >= 15 is 0 Å². The SMILES string of the molecule is Cn1cc(-c2ccc(N(C(=O)NCc3ccccc3)c3ccc(Nc4ncc(C#N)c(-c5c[nH]nc5C(F)(F)F)n4)cc3)nc2)cn1. The maximum atomic E-state index is 13.6. The van der Waals surface area contributed by atoms with Gasteiger partial charge in [-0.15, -0.1) is 0 Å². The van der Waals surface area contributed by atoms with Gasteiger partial charge in [-0.1, -0.05) is 30.3 Å². The van der Waals surface area contributed by atoms with Gasteiger partial charge < -0.3 is 10.6 Å². The summed E-state index contributed by atoms with van der Waals surface area (Å²) < 4.78 is 42.2. The molecule has 0 saturated carbocycles. The van der Waals surface area contributed by atoms with Gasteiger partial charge in [0.05, 0.1) is 34.9 Å². The van der Waals surface area contributed by atoms with E-state index in [0.29, 0.717) is 17.2 Å². The molecular formula is C32H24F3N11O. The molecule has 0 saturated heterocycles. The first kappa shape index (κ1) is 30.5. The minimum absolute atomic E-state index is 0.0498. The predicted octanol–water partition coefficient (Wildman–Crippen LogP) is 6.34. The molecule has 15 heteroatoms. The van der Waals surface area contributed by atoms with Crippen LogP contribution in [0.2, 0.25) is 0 Å². The first-order valence-electron chi connectivity index (χ1n) is 14.0. The molecule has 0 aliphatic carbocycles. The first-order valence-corrected chi connectivity index (χ1v) is 14.0. The highest BCUT2D eigenvalue weighted by Crippen LogP contribution is 2.36. The molecule has 6 rings (SSSR count). The van der Waals surface area contributed by atoms with E-state index in [9.17, 15) is 23.2 Å². The number of nitrogens with zero attached hydrogens (tertiary/aromatic N) is 8. The highest BCUT2D eigenvalue weighted by Gasteiger charge is 2.37. The summed E-state index contributed by atoms with van der Waals surface area (Å²) in [5.74, 6) is 0.316. The van der Waals surface area contributed by atoms with Crippen LogP contribution in [0.25, 0.3) is 22.4 Å². The number of hydrogen-bond donors (Lipinski definition) is 3. The third kappa shape index (κ3) is 6.76. The summed E-state index contributed by atoms with van der Waals surface area (Å²) in [6.07, 6.45) is 2.63. The number of aromatic nitrogens is 7. The summed E-state index contributed by atoms with van der Waals surface area (Å²) in [5, 5.41) is 25.0. The Balaban J connectivity index is 1.27. The summed E-state index contributed by atoms with van der Waals surface area (Å²) in [6, 6.07) is 21.1. The molecule has 0 spiro atoms. The van der Waals surface area contributed by atoms with Crippen molar-refractivity contribution in [2.75, 3.05) is 10.2 Å². The van der Waals surface area contributed by atoms with Crippen molar-refractivity contribution in [1.82, 2.24) is 40.2 Å². The fraction of sp³-hybridized carbons (Fsp3) is 0.0938. The predicted molar refractivity (Wildman–Crippen MR) is 166 cm³/mol. The number of urea groups is 1. The van der Waals surface area contributed by atoms with Crippen LogP contribution >= 0.6 is 0 Å². The third-order valence-electron chi connectivity index (χ3n) is 6.96. The highest BCUT2D eigenvalue weighted by atomic mass is 19.4. The molecule has 6 aromatic rings. The van der Waals surface area contributed by atoms with Crippen molar-refractivity contribution in [2.45, 2.75) is 12.7 Å². The molecule has 0 aliphatic rings. The van der Waals surface area contributed by atoms with Gasteiger partial charge in [0.25, 0.3) is 0 Å². The molecule has 4 aromatic heterocycles. The molecule has 0 unspecified atom stereocenters. The maximum Gasteiger partial charge on any atom is 0.435 e. The highest BCUT2D eigenvalue weighted by molar-refractivity contribution is 5.98. The zero-order valence-corrected chi connectivity index (χ0v) is 24.6. The van der Waals surface area contributed by atoms with Crippen LogP contribution in [0, 0.1) is 11.3 Å². The number of carbonyl (C=O) groups excluding carboxylic acids is 1. The van der Waals surface area contributed by atoms with E-state index in [1.54, 1.807) is 47.4 Å². The number of pyridine rings is 1. The number of anilines is 4. The number of nitrogens with one attached hydrogen (secondary N) is 3. The van der Waals surface area contributed by atoms with Crippen LogP contribution < -0.4 is 15.5 Å². The van der Waals surface area contributed by atoms with Crippen LogP contribution in [-0.4, -0.2) is 41.0 Å². The molecular weight excluding hydrogens is 611 g/mol. The van der Waals surface area contributed by atoms with Gasteiger partial charge in [0, 0.05) is 49.0 Å². The molecule has 3 N–H and O–H groups in total. The Morgan fingerprint density at radius 2 is 1.79 bits per heavy atom. The van der Waals surface area contributed by atoms with Gasteiger partial charge in [-0.25, -0.2) is 24.6 Å². The fourth-order valence-corrected chi connectivity index (χ4v) is 4.70. The Labute approximate surface area is 265 Å². The number of halogens is 3. The lowest BCUT2D eigenvalue weighted by Gasteiger charge is -2.23. The second-order valence-corrected chi connectivity index (χ2v) is 10.2. The Hall–Kier alpha value is -6.56. The van der Waals surface area contributed by atoms with Gasteiger partial charge in [0.1, 0.15) is 11.9 Å². The molecule has 0 aliphatic heterocycles. The Morgan fingerprint density at radius 1 is 1.00 bits per heavy atom. The molecule has 0 radical (unpaired) electrons. The molecule has 2 amide bonds. The van der Waals surface area contributed by atoms with E-state index in [2.05, 4.69) is 40.9 Å². The number of carbonyl (C=O) groups is 1. The Bertz CT molecular complexity index is 2050. The number of rotatable bonds is 8. The average Bonchev–Trinajstić information content (AvgIpc) is 3.75. The molecule has 234 valence electrons. The smallest absolute Gasteiger partial charge is 0.333 e. The quantitative estimate of drug-likeness (QED) is 0.175. The lowest BCUT2D eigenvalue weighted by atomic mass is 10.1. The number of H-pyrrole nitrogens is 1. The van der Waals surface area contributed by atoms with Gasteiger partial charge in [0.15, 0.2) is 5.69 Å². The summed E-state index contributed by atoms with van der Waals surface area (Å²) in [5.41, 5.74) is 1.60. The normalized spacial score (nSPS) is 11.1. The summed E-state index contributed by atoms with van der Waals surface area (Å²) in [6.45, 7) is 0.286.